The van der Waals surface area contributed by atoms with E-state index in [1.54, 1.807) is 7.11 Å². The summed E-state index contributed by atoms with van der Waals surface area (Å²) in [5, 5.41) is 6.93. The molecule has 0 heterocycles. The van der Waals surface area contributed by atoms with Gasteiger partial charge in [-0.3, -0.25) is 4.79 Å². The Morgan fingerprint density at radius 3 is 2.95 bits per heavy atom. The molecule has 0 saturated carbocycles. The highest BCUT2D eigenvalue weighted by atomic mass is 35.5. The van der Waals surface area contributed by atoms with Crippen LogP contribution in [0.4, 0.5) is 0 Å². The topological polar surface area (TPSA) is 50.4 Å². The second-order valence-electron chi connectivity index (χ2n) is 6.17. The molecule has 1 aromatic carbocycles. The fraction of sp³-hybridized carbons (Fsp3) is 0.562. The standard InChI is InChI=1S/C16H23ClN2O2/c1-16(2)9-11-4-5-12(17)8-13(11)15(16)19-10-14(20)18-6-7-21-3/h4-5,8,15,19H,6-7,9-10H2,1-3H3,(H,18,20). The van der Waals surface area contributed by atoms with Gasteiger partial charge in [0.2, 0.25) is 5.91 Å². The SMILES string of the molecule is COCCNC(=O)CNC1c2cc(Cl)ccc2CC1(C)C. The lowest BCUT2D eigenvalue weighted by Gasteiger charge is -2.28. The molecule has 4 nitrogen and oxygen atoms in total. The monoisotopic (exact) mass is 310 g/mol. The Morgan fingerprint density at radius 1 is 1.48 bits per heavy atom. The number of carbonyl (C=O) groups is 1. The van der Waals surface area contributed by atoms with E-state index in [-0.39, 0.29) is 17.4 Å². The number of benzene rings is 1. The molecule has 0 saturated heterocycles. The molecule has 0 aliphatic heterocycles. The van der Waals surface area contributed by atoms with Crippen LogP contribution in [0, 0.1) is 5.41 Å². The fourth-order valence-electron chi connectivity index (χ4n) is 2.95. The van der Waals surface area contributed by atoms with Crippen molar-refractivity contribution in [2.24, 2.45) is 5.41 Å². The second-order valence-corrected chi connectivity index (χ2v) is 6.60. The van der Waals surface area contributed by atoms with Crippen molar-refractivity contribution in [1.82, 2.24) is 10.6 Å². The summed E-state index contributed by atoms with van der Waals surface area (Å²) in [6, 6.07) is 6.15. The highest BCUT2D eigenvalue weighted by Gasteiger charge is 2.38. The summed E-state index contributed by atoms with van der Waals surface area (Å²) in [6.07, 6.45) is 0.989. The molecular weight excluding hydrogens is 288 g/mol. The van der Waals surface area contributed by atoms with Gasteiger partial charge >= 0.3 is 0 Å². The van der Waals surface area contributed by atoms with E-state index in [1.807, 2.05) is 12.1 Å². The molecule has 1 amide bonds. The van der Waals surface area contributed by atoms with Gasteiger partial charge in [-0.1, -0.05) is 31.5 Å². The van der Waals surface area contributed by atoms with E-state index in [9.17, 15) is 4.79 Å². The maximum absolute atomic E-state index is 11.8. The van der Waals surface area contributed by atoms with Crippen molar-refractivity contribution in [2.45, 2.75) is 26.3 Å². The summed E-state index contributed by atoms with van der Waals surface area (Å²) in [5.41, 5.74) is 2.58. The molecule has 1 aliphatic carbocycles. The minimum Gasteiger partial charge on any atom is -0.383 e. The maximum Gasteiger partial charge on any atom is 0.234 e. The number of methoxy groups -OCH3 is 1. The Balaban J connectivity index is 1.99. The quantitative estimate of drug-likeness (QED) is 0.793. The van der Waals surface area contributed by atoms with E-state index < -0.39 is 0 Å². The molecule has 0 spiro atoms. The normalized spacial score (nSPS) is 19.3. The zero-order valence-corrected chi connectivity index (χ0v) is 13.6. The number of halogens is 1. The van der Waals surface area contributed by atoms with E-state index in [4.69, 9.17) is 16.3 Å². The predicted molar refractivity (Wildman–Crippen MR) is 84.6 cm³/mol. The number of rotatable bonds is 6. The van der Waals surface area contributed by atoms with Gasteiger partial charge in [-0.2, -0.15) is 0 Å². The fourth-order valence-corrected chi connectivity index (χ4v) is 3.13. The van der Waals surface area contributed by atoms with Gasteiger partial charge in [-0.15, -0.1) is 0 Å². The van der Waals surface area contributed by atoms with Gasteiger partial charge in [-0.25, -0.2) is 0 Å². The van der Waals surface area contributed by atoms with Crippen molar-refractivity contribution in [3.63, 3.8) is 0 Å². The summed E-state index contributed by atoms with van der Waals surface area (Å²) >= 11 is 6.11. The third kappa shape index (κ3) is 3.96. The van der Waals surface area contributed by atoms with Crippen molar-refractivity contribution in [3.8, 4) is 0 Å². The summed E-state index contributed by atoms with van der Waals surface area (Å²) in [7, 11) is 1.62. The van der Waals surface area contributed by atoms with E-state index >= 15 is 0 Å². The average Bonchev–Trinajstić information content (AvgIpc) is 2.66. The van der Waals surface area contributed by atoms with Crippen LogP contribution in [-0.2, 0) is 16.0 Å². The molecule has 0 bridgehead atoms. The number of hydrogen-bond donors (Lipinski definition) is 2. The van der Waals surface area contributed by atoms with Crippen molar-refractivity contribution in [2.75, 3.05) is 26.8 Å². The van der Waals surface area contributed by atoms with Crippen molar-refractivity contribution in [3.05, 3.63) is 34.3 Å². The van der Waals surface area contributed by atoms with Crippen LogP contribution in [0.2, 0.25) is 5.02 Å². The molecule has 0 fully saturated rings. The largest absolute Gasteiger partial charge is 0.383 e. The highest BCUT2D eigenvalue weighted by Crippen LogP contribution is 2.45. The Morgan fingerprint density at radius 2 is 2.24 bits per heavy atom. The first-order valence-electron chi connectivity index (χ1n) is 7.21. The van der Waals surface area contributed by atoms with Gasteiger partial charge in [0.15, 0.2) is 0 Å². The molecule has 1 aliphatic rings. The number of nitrogens with one attached hydrogen (secondary N) is 2. The van der Waals surface area contributed by atoms with Crippen molar-refractivity contribution < 1.29 is 9.53 Å². The predicted octanol–water partition coefficient (Wildman–Crippen LogP) is 2.32. The molecule has 21 heavy (non-hydrogen) atoms. The Kier molecular flexibility index (Phi) is 5.25. The summed E-state index contributed by atoms with van der Waals surface area (Å²) in [4.78, 5) is 11.8. The first-order valence-corrected chi connectivity index (χ1v) is 7.59. The Bertz CT molecular complexity index is 517. The van der Waals surface area contributed by atoms with Crippen LogP contribution in [0.15, 0.2) is 18.2 Å². The van der Waals surface area contributed by atoms with Crippen LogP contribution in [-0.4, -0.2) is 32.7 Å². The minimum atomic E-state index is -0.0154. The third-order valence-corrected chi connectivity index (χ3v) is 4.18. The Labute approximate surface area is 131 Å². The van der Waals surface area contributed by atoms with Gasteiger partial charge in [-0.05, 0) is 35.1 Å². The highest BCUT2D eigenvalue weighted by molar-refractivity contribution is 6.30. The number of carbonyl (C=O) groups excluding carboxylic acids is 1. The van der Waals surface area contributed by atoms with Crippen LogP contribution < -0.4 is 10.6 Å². The van der Waals surface area contributed by atoms with Crippen LogP contribution in [0.3, 0.4) is 0 Å². The van der Waals surface area contributed by atoms with E-state index in [1.165, 1.54) is 11.1 Å². The average molecular weight is 311 g/mol. The second kappa shape index (κ2) is 6.77. The molecule has 116 valence electrons. The zero-order valence-electron chi connectivity index (χ0n) is 12.8. The van der Waals surface area contributed by atoms with Crippen molar-refractivity contribution >= 4 is 17.5 Å². The molecule has 5 heteroatoms. The molecular formula is C16H23ClN2O2. The van der Waals surface area contributed by atoms with E-state index in [0.717, 1.165) is 11.4 Å². The molecule has 1 unspecified atom stereocenters. The van der Waals surface area contributed by atoms with Crippen LogP contribution >= 0.6 is 11.6 Å². The van der Waals surface area contributed by atoms with Gasteiger partial charge < -0.3 is 15.4 Å². The summed E-state index contributed by atoms with van der Waals surface area (Å²) < 4.78 is 4.91. The number of ether oxygens (including phenoxy) is 1. The molecule has 1 aromatic rings. The molecule has 1 atom stereocenters. The number of fused-ring (bicyclic) bond motifs is 1. The van der Waals surface area contributed by atoms with Gasteiger partial charge in [0, 0.05) is 24.7 Å². The van der Waals surface area contributed by atoms with Gasteiger partial charge in [0.25, 0.3) is 0 Å². The third-order valence-electron chi connectivity index (χ3n) is 3.94. The molecule has 2 N–H and O–H groups in total. The van der Waals surface area contributed by atoms with E-state index in [2.05, 4.69) is 30.5 Å². The lowest BCUT2D eigenvalue weighted by molar-refractivity contribution is -0.120. The first-order chi connectivity index (χ1) is 9.94. The van der Waals surface area contributed by atoms with Gasteiger partial charge in [0.1, 0.15) is 0 Å². The van der Waals surface area contributed by atoms with Crippen molar-refractivity contribution in [1.29, 1.82) is 0 Å². The summed E-state index contributed by atoms with van der Waals surface area (Å²) in [6.45, 7) is 5.78. The lowest BCUT2D eigenvalue weighted by atomic mass is 9.85. The zero-order chi connectivity index (χ0) is 15.5. The minimum absolute atomic E-state index is 0.0154. The summed E-state index contributed by atoms with van der Waals surface area (Å²) in [5.74, 6) is -0.0154. The van der Waals surface area contributed by atoms with E-state index in [0.29, 0.717) is 19.7 Å². The smallest absolute Gasteiger partial charge is 0.234 e. The molecule has 0 radical (unpaired) electrons. The van der Waals surface area contributed by atoms with Crippen LogP contribution in [0.1, 0.15) is 31.0 Å². The van der Waals surface area contributed by atoms with Crippen LogP contribution in [0.25, 0.3) is 0 Å². The van der Waals surface area contributed by atoms with Crippen LogP contribution in [0.5, 0.6) is 0 Å². The molecule has 2 rings (SSSR count). The number of hydrogen-bond acceptors (Lipinski definition) is 3. The lowest BCUT2D eigenvalue weighted by Crippen LogP contribution is -2.40. The maximum atomic E-state index is 11.8. The van der Waals surface area contributed by atoms with Gasteiger partial charge in [0.05, 0.1) is 13.2 Å². The molecule has 0 aromatic heterocycles. The first kappa shape index (κ1) is 16.3. The number of amides is 1. The Hall–Kier alpha value is -1.10.